The van der Waals surface area contributed by atoms with Gasteiger partial charge in [0.1, 0.15) is 16.4 Å². The number of carbonyl (C=O) groups is 1. The maximum absolute atomic E-state index is 12.3. The van der Waals surface area contributed by atoms with E-state index in [1.54, 1.807) is 30.3 Å². The van der Waals surface area contributed by atoms with Crippen molar-refractivity contribution in [3.63, 3.8) is 0 Å². The van der Waals surface area contributed by atoms with Crippen LogP contribution in [0.25, 0.3) is 0 Å². The van der Waals surface area contributed by atoms with E-state index in [1.807, 2.05) is 12.1 Å². The first kappa shape index (κ1) is 18.7. The fraction of sp³-hybridized carbons (Fsp3) is 0.300. The minimum absolute atomic E-state index is 0.171. The molecule has 1 aliphatic rings. The van der Waals surface area contributed by atoms with Crippen molar-refractivity contribution in [1.82, 2.24) is 10.3 Å². The van der Waals surface area contributed by atoms with Crippen molar-refractivity contribution in [2.75, 3.05) is 0 Å². The summed E-state index contributed by atoms with van der Waals surface area (Å²) < 4.78 is 0. The molecule has 1 saturated carbocycles. The summed E-state index contributed by atoms with van der Waals surface area (Å²) in [5.74, 6) is 5.63. The minimum atomic E-state index is -1.14. The van der Waals surface area contributed by atoms with Gasteiger partial charge in [0.15, 0.2) is 0 Å². The Labute approximate surface area is 162 Å². The van der Waals surface area contributed by atoms with E-state index in [0.29, 0.717) is 17.9 Å². The highest BCUT2D eigenvalue weighted by Gasteiger charge is 2.33. The molecule has 26 heavy (non-hydrogen) atoms. The van der Waals surface area contributed by atoms with Gasteiger partial charge in [-0.15, -0.1) is 0 Å². The van der Waals surface area contributed by atoms with Crippen LogP contribution in [-0.2, 0) is 0 Å². The van der Waals surface area contributed by atoms with E-state index in [4.69, 9.17) is 23.2 Å². The summed E-state index contributed by atoms with van der Waals surface area (Å²) in [5.41, 5.74) is -0.128. The number of halogens is 2. The maximum Gasteiger partial charge on any atom is 0.270 e. The molecule has 134 valence electrons. The van der Waals surface area contributed by atoms with Crippen LogP contribution >= 0.6 is 23.2 Å². The molecule has 1 unspecified atom stereocenters. The molecule has 0 bridgehead atoms. The second-order valence-electron chi connectivity index (χ2n) is 6.40. The molecule has 0 aliphatic heterocycles. The van der Waals surface area contributed by atoms with Crippen molar-refractivity contribution < 1.29 is 9.90 Å². The molecule has 1 heterocycles. The van der Waals surface area contributed by atoms with E-state index in [-0.39, 0.29) is 22.8 Å². The molecule has 1 fully saturated rings. The number of aliphatic hydroxyl groups is 1. The summed E-state index contributed by atoms with van der Waals surface area (Å²) >= 11 is 11.8. The summed E-state index contributed by atoms with van der Waals surface area (Å²) in [6, 6.07) is 11.9. The summed E-state index contributed by atoms with van der Waals surface area (Å²) in [7, 11) is 0. The van der Waals surface area contributed by atoms with E-state index in [1.165, 1.54) is 0 Å². The second-order valence-corrected chi connectivity index (χ2v) is 7.23. The van der Waals surface area contributed by atoms with Gasteiger partial charge in [0, 0.05) is 23.0 Å². The molecular weight excluding hydrogens is 371 g/mol. The van der Waals surface area contributed by atoms with Crippen molar-refractivity contribution >= 4 is 29.1 Å². The zero-order valence-corrected chi connectivity index (χ0v) is 15.5. The van der Waals surface area contributed by atoms with E-state index in [0.717, 1.165) is 18.4 Å². The van der Waals surface area contributed by atoms with Crippen LogP contribution in [0.5, 0.6) is 0 Å². The molecule has 2 aromatic rings. The number of hydrogen-bond donors (Lipinski definition) is 2. The molecule has 1 aromatic heterocycles. The van der Waals surface area contributed by atoms with Gasteiger partial charge in [0.05, 0.1) is 0 Å². The highest BCUT2D eigenvalue weighted by molar-refractivity contribution is 6.30. The lowest BCUT2D eigenvalue weighted by molar-refractivity contribution is 0.0451. The van der Waals surface area contributed by atoms with Gasteiger partial charge in [-0.1, -0.05) is 47.2 Å². The van der Waals surface area contributed by atoms with Gasteiger partial charge in [-0.2, -0.15) is 0 Å². The van der Waals surface area contributed by atoms with Gasteiger partial charge in [-0.05, 0) is 49.6 Å². The predicted molar refractivity (Wildman–Crippen MR) is 102 cm³/mol. The molecular formula is C20H18Cl2N2O2. The van der Waals surface area contributed by atoms with Crippen LogP contribution in [0.3, 0.4) is 0 Å². The number of aromatic nitrogens is 1. The van der Waals surface area contributed by atoms with Gasteiger partial charge in [0.2, 0.25) is 0 Å². The lowest BCUT2D eigenvalue weighted by atomic mass is 9.82. The standard InChI is InChI=1S/C20H18Cl2N2O2/c21-15-5-1-4-14(12-15)9-11-20(26)10-3-6-16(13-20)23-19(25)17-7-2-8-18(22)24-17/h1-2,4-5,7-8,12,16,26H,3,6,10,13H2,(H,23,25)/t16-,20?/m1/s1. The van der Waals surface area contributed by atoms with Crippen molar-refractivity contribution in [3.05, 3.63) is 63.9 Å². The molecule has 1 amide bonds. The van der Waals surface area contributed by atoms with Gasteiger partial charge < -0.3 is 10.4 Å². The molecule has 2 N–H and O–H groups in total. The third-order valence-electron chi connectivity index (χ3n) is 4.27. The lowest BCUT2D eigenvalue weighted by Gasteiger charge is -2.33. The van der Waals surface area contributed by atoms with E-state index >= 15 is 0 Å². The van der Waals surface area contributed by atoms with Crippen molar-refractivity contribution in [3.8, 4) is 11.8 Å². The van der Waals surface area contributed by atoms with Crippen molar-refractivity contribution in [2.45, 2.75) is 37.3 Å². The largest absolute Gasteiger partial charge is 0.378 e. The molecule has 4 nitrogen and oxygen atoms in total. The number of pyridine rings is 1. The fourth-order valence-corrected chi connectivity index (χ4v) is 3.39. The first-order valence-electron chi connectivity index (χ1n) is 8.38. The number of nitrogens with zero attached hydrogens (tertiary/aromatic N) is 1. The average Bonchev–Trinajstić information content (AvgIpc) is 2.60. The topological polar surface area (TPSA) is 62.2 Å². The van der Waals surface area contributed by atoms with Gasteiger partial charge >= 0.3 is 0 Å². The average molecular weight is 389 g/mol. The van der Waals surface area contributed by atoms with E-state index < -0.39 is 5.60 Å². The van der Waals surface area contributed by atoms with Crippen LogP contribution in [0.4, 0.5) is 0 Å². The van der Waals surface area contributed by atoms with E-state index in [2.05, 4.69) is 22.1 Å². The van der Waals surface area contributed by atoms with Gasteiger partial charge in [-0.3, -0.25) is 4.79 Å². The van der Waals surface area contributed by atoms with Crippen LogP contribution < -0.4 is 5.32 Å². The first-order chi connectivity index (χ1) is 12.4. The zero-order chi connectivity index (χ0) is 18.6. The SMILES string of the molecule is O=C(N[C@@H]1CCCC(O)(C#Cc2cccc(Cl)c2)C1)c1cccc(Cl)n1. The Morgan fingerprint density at radius 2 is 2.08 bits per heavy atom. The van der Waals surface area contributed by atoms with E-state index in [9.17, 15) is 9.90 Å². The minimum Gasteiger partial charge on any atom is -0.378 e. The highest BCUT2D eigenvalue weighted by atomic mass is 35.5. The molecule has 1 aliphatic carbocycles. The number of carbonyl (C=O) groups excluding carboxylic acids is 1. The second kappa shape index (κ2) is 8.09. The molecule has 2 atom stereocenters. The summed E-state index contributed by atoms with van der Waals surface area (Å²) in [6.07, 6.45) is 2.50. The Morgan fingerprint density at radius 1 is 1.27 bits per heavy atom. The third kappa shape index (κ3) is 4.98. The Hall–Kier alpha value is -2.06. The number of benzene rings is 1. The Morgan fingerprint density at radius 3 is 2.85 bits per heavy atom. The normalized spacial score (nSPS) is 22.2. The molecule has 0 spiro atoms. The van der Waals surface area contributed by atoms with Crippen LogP contribution in [0, 0.1) is 11.8 Å². The van der Waals surface area contributed by atoms with Gasteiger partial charge in [0.25, 0.3) is 5.91 Å². The summed E-state index contributed by atoms with van der Waals surface area (Å²) in [5, 5.41) is 14.6. The Kier molecular flexibility index (Phi) is 5.83. The summed E-state index contributed by atoms with van der Waals surface area (Å²) in [6.45, 7) is 0. The maximum atomic E-state index is 12.3. The first-order valence-corrected chi connectivity index (χ1v) is 9.14. The third-order valence-corrected chi connectivity index (χ3v) is 4.72. The van der Waals surface area contributed by atoms with Crippen molar-refractivity contribution in [1.29, 1.82) is 0 Å². The Balaban J connectivity index is 1.68. The molecule has 0 saturated heterocycles. The number of nitrogens with one attached hydrogen (secondary N) is 1. The molecule has 3 rings (SSSR count). The van der Waals surface area contributed by atoms with Crippen molar-refractivity contribution in [2.24, 2.45) is 0 Å². The fourth-order valence-electron chi connectivity index (χ4n) is 3.04. The molecule has 1 aromatic carbocycles. The highest BCUT2D eigenvalue weighted by Crippen LogP contribution is 2.28. The monoisotopic (exact) mass is 388 g/mol. The Bertz CT molecular complexity index is 875. The number of rotatable bonds is 2. The zero-order valence-electron chi connectivity index (χ0n) is 14.0. The number of hydrogen-bond acceptors (Lipinski definition) is 3. The van der Waals surface area contributed by atoms with Crippen LogP contribution in [-0.4, -0.2) is 27.6 Å². The molecule has 6 heteroatoms. The summed E-state index contributed by atoms with van der Waals surface area (Å²) in [4.78, 5) is 16.3. The predicted octanol–water partition coefficient (Wildman–Crippen LogP) is 3.84. The molecule has 0 radical (unpaired) electrons. The number of amides is 1. The van der Waals surface area contributed by atoms with Gasteiger partial charge in [-0.25, -0.2) is 4.98 Å². The van der Waals surface area contributed by atoms with Crippen LogP contribution in [0.1, 0.15) is 41.7 Å². The lowest BCUT2D eigenvalue weighted by Crippen LogP contribution is -2.45. The van der Waals surface area contributed by atoms with Crippen LogP contribution in [0.2, 0.25) is 10.2 Å². The van der Waals surface area contributed by atoms with Crippen LogP contribution in [0.15, 0.2) is 42.5 Å². The smallest absolute Gasteiger partial charge is 0.270 e. The quantitative estimate of drug-likeness (QED) is 0.606.